The fraction of sp³-hybridized carbons (Fsp3) is 0.111. The lowest BCUT2D eigenvalue weighted by atomic mass is 10.2. The zero-order chi connectivity index (χ0) is 19.6. The number of non-ortho nitro benzene ring substituents is 1. The summed E-state index contributed by atoms with van der Waals surface area (Å²) in [6.07, 6.45) is 2.79. The second-order valence-electron chi connectivity index (χ2n) is 5.15. The minimum absolute atomic E-state index is 0.0825. The van der Waals surface area contributed by atoms with Crippen LogP contribution in [0.2, 0.25) is 0 Å². The number of hydrazine groups is 1. The van der Waals surface area contributed by atoms with E-state index in [9.17, 15) is 19.7 Å². The van der Waals surface area contributed by atoms with Crippen molar-refractivity contribution in [3.63, 3.8) is 0 Å². The Balaban J connectivity index is 1.77. The molecule has 0 radical (unpaired) electrons. The Bertz CT molecular complexity index is 848. The summed E-state index contributed by atoms with van der Waals surface area (Å²) in [5.74, 6) is -0.225. The summed E-state index contributed by atoms with van der Waals surface area (Å²) >= 11 is 0. The summed E-state index contributed by atoms with van der Waals surface area (Å²) in [5, 5.41) is 10.6. The minimum Gasteiger partial charge on any atom is -0.496 e. The largest absolute Gasteiger partial charge is 0.496 e. The van der Waals surface area contributed by atoms with E-state index in [1.54, 1.807) is 30.3 Å². The molecule has 0 aromatic heterocycles. The lowest BCUT2D eigenvalue weighted by Gasteiger charge is -2.07. The van der Waals surface area contributed by atoms with Gasteiger partial charge in [-0.3, -0.25) is 30.6 Å². The Hall–Kier alpha value is -3.88. The van der Waals surface area contributed by atoms with E-state index in [2.05, 4.69) is 10.9 Å². The predicted molar refractivity (Wildman–Crippen MR) is 96.9 cm³/mol. The first kappa shape index (κ1) is 19.4. The standard InChI is InChI=1S/C18H17N3O6/c1-26-16-5-3-2-4-13(16)6-11-17(22)19-20-18(23)12-27-15-9-7-14(8-10-15)21(24)25/h2-11H,12H2,1H3,(H,19,22)(H,20,23). The number of ether oxygens (including phenoxy) is 2. The molecule has 2 aromatic rings. The van der Waals surface area contributed by atoms with Crippen LogP contribution in [-0.4, -0.2) is 30.5 Å². The Morgan fingerprint density at radius 2 is 1.81 bits per heavy atom. The number of benzene rings is 2. The molecule has 27 heavy (non-hydrogen) atoms. The molecule has 0 bridgehead atoms. The first-order chi connectivity index (χ1) is 13.0. The van der Waals surface area contributed by atoms with Crippen molar-refractivity contribution in [1.29, 1.82) is 0 Å². The summed E-state index contributed by atoms with van der Waals surface area (Å²) in [5.41, 5.74) is 5.04. The topological polar surface area (TPSA) is 120 Å². The second-order valence-corrected chi connectivity index (χ2v) is 5.15. The van der Waals surface area contributed by atoms with Gasteiger partial charge in [0.25, 0.3) is 17.5 Å². The number of rotatable bonds is 7. The van der Waals surface area contributed by atoms with Gasteiger partial charge in [0.15, 0.2) is 6.61 Å². The van der Waals surface area contributed by atoms with Crippen molar-refractivity contribution in [2.75, 3.05) is 13.7 Å². The van der Waals surface area contributed by atoms with Gasteiger partial charge in [0, 0.05) is 23.8 Å². The van der Waals surface area contributed by atoms with Crippen LogP contribution in [0.3, 0.4) is 0 Å². The molecule has 0 saturated heterocycles. The van der Waals surface area contributed by atoms with Crippen LogP contribution in [-0.2, 0) is 9.59 Å². The minimum atomic E-state index is -0.590. The molecule has 0 spiro atoms. The van der Waals surface area contributed by atoms with Crippen LogP contribution in [0.4, 0.5) is 5.69 Å². The average molecular weight is 371 g/mol. The molecular weight excluding hydrogens is 354 g/mol. The number of methoxy groups -OCH3 is 1. The summed E-state index contributed by atoms with van der Waals surface area (Å²) < 4.78 is 10.3. The molecule has 0 unspecified atom stereocenters. The molecule has 0 heterocycles. The van der Waals surface area contributed by atoms with Gasteiger partial charge in [-0.1, -0.05) is 18.2 Å². The van der Waals surface area contributed by atoms with Gasteiger partial charge < -0.3 is 9.47 Å². The van der Waals surface area contributed by atoms with E-state index in [-0.39, 0.29) is 18.0 Å². The number of amides is 2. The van der Waals surface area contributed by atoms with Crippen LogP contribution in [0, 0.1) is 10.1 Å². The number of hydrogen-bond donors (Lipinski definition) is 2. The summed E-state index contributed by atoms with van der Waals surface area (Å²) in [6, 6.07) is 12.4. The van der Waals surface area contributed by atoms with E-state index in [1.165, 1.54) is 37.5 Å². The Morgan fingerprint density at radius 1 is 1.11 bits per heavy atom. The zero-order valence-electron chi connectivity index (χ0n) is 14.4. The highest BCUT2D eigenvalue weighted by molar-refractivity contribution is 5.93. The molecule has 9 heteroatoms. The Kier molecular flexibility index (Phi) is 6.89. The number of carbonyl (C=O) groups is 2. The van der Waals surface area contributed by atoms with Crippen LogP contribution in [0.25, 0.3) is 6.08 Å². The lowest BCUT2D eigenvalue weighted by Crippen LogP contribution is -2.43. The molecule has 2 amide bonds. The van der Waals surface area contributed by atoms with Gasteiger partial charge in [-0.2, -0.15) is 0 Å². The second kappa shape index (κ2) is 9.56. The van der Waals surface area contributed by atoms with Crippen LogP contribution in [0.5, 0.6) is 11.5 Å². The molecule has 140 valence electrons. The van der Waals surface area contributed by atoms with Gasteiger partial charge >= 0.3 is 0 Å². The SMILES string of the molecule is COc1ccccc1C=CC(=O)NNC(=O)COc1ccc([N+](=O)[O-])cc1. The van der Waals surface area contributed by atoms with Crippen molar-refractivity contribution < 1.29 is 24.0 Å². The quantitative estimate of drug-likeness (QED) is 0.435. The fourth-order valence-electron chi connectivity index (χ4n) is 1.99. The van der Waals surface area contributed by atoms with Crippen molar-refractivity contribution in [3.8, 4) is 11.5 Å². The lowest BCUT2D eigenvalue weighted by molar-refractivity contribution is -0.384. The molecule has 9 nitrogen and oxygen atoms in total. The molecule has 0 aliphatic heterocycles. The fourth-order valence-corrected chi connectivity index (χ4v) is 1.99. The molecule has 2 rings (SSSR count). The number of nitro groups is 1. The van der Waals surface area contributed by atoms with Gasteiger partial charge in [-0.15, -0.1) is 0 Å². The zero-order valence-corrected chi connectivity index (χ0v) is 14.4. The molecule has 0 atom stereocenters. The van der Waals surface area contributed by atoms with E-state index < -0.39 is 16.7 Å². The molecule has 0 saturated carbocycles. The maximum absolute atomic E-state index is 11.7. The first-order valence-corrected chi connectivity index (χ1v) is 7.77. The highest BCUT2D eigenvalue weighted by Gasteiger charge is 2.07. The summed E-state index contributed by atoms with van der Waals surface area (Å²) in [7, 11) is 1.53. The maximum Gasteiger partial charge on any atom is 0.276 e. The third-order valence-electron chi connectivity index (χ3n) is 3.30. The number of nitro benzene ring substituents is 1. The van der Waals surface area contributed by atoms with Crippen LogP contribution < -0.4 is 20.3 Å². The first-order valence-electron chi connectivity index (χ1n) is 7.77. The molecule has 2 aromatic carbocycles. The number of para-hydroxylation sites is 1. The average Bonchev–Trinajstić information content (AvgIpc) is 2.69. The van der Waals surface area contributed by atoms with E-state index in [0.29, 0.717) is 11.3 Å². The number of nitrogens with one attached hydrogen (secondary N) is 2. The van der Waals surface area contributed by atoms with Gasteiger partial charge in [0.05, 0.1) is 12.0 Å². The van der Waals surface area contributed by atoms with Crippen LogP contribution in [0.15, 0.2) is 54.6 Å². The third-order valence-corrected chi connectivity index (χ3v) is 3.30. The number of nitrogens with zero attached hydrogens (tertiary/aromatic N) is 1. The molecular formula is C18H17N3O6. The van der Waals surface area contributed by atoms with Crippen molar-refractivity contribution in [2.45, 2.75) is 0 Å². The van der Waals surface area contributed by atoms with Crippen molar-refractivity contribution in [2.24, 2.45) is 0 Å². The summed E-state index contributed by atoms with van der Waals surface area (Å²) in [6.45, 7) is -0.367. The molecule has 0 aliphatic carbocycles. The molecule has 0 fully saturated rings. The summed E-state index contributed by atoms with van der Waals surface area (Å²) in [4.78, 5) is 33.4. The monoisotopic (exact) mass is 371 g/mol. The van der Waals surface area contributed by atoms with E-state index >= 15 is 0 Å². The highest BCUT2D eigenvalue weighted by Crippen LogP contribution is 2.18. The van der Waals surface area contributed by atoms with Gasteiger partial charge in [0.2, 0.25) is 0 Å². The van der Waals surface area contributed by atoms with Crippen LogP contribution in [0.1, 0.15) is 5.56 Å². The number of carbonyl (C=O) groups excluding carboxylic acids is 2. The van der Waals surface area contributed by atoms with Crippen molar-refractivity contribution in [1.82, 2.24) is 10.9 Å². The third kappa shape index (κ3) is 6.16. The van der Waals surface area contributed by atoms with Crippen molar-refractivity contribution in [3.05, 3.63) is 70.3 Å². The maximum atomic E-state index is 11.7. The predicted octanol–water partition coefficient (Wildman–Crippen LogP) is 1.84. The van der Waals surface area contributed by atoms with Gasteiger partial charge in [-0.25, -0.2) is 0 Å². The van der Waals surface area contributed by atoms with E-state index in [4.69, 9.17) is 9.47 Å². The van der Waals surface area contributed by atoms with Crippen molar-refractivity contribution >= 4 is 23.6 Å². The van der Waals surface area contributed by atoms with Gasteiger partial charge in [0.1, 0.15) is 11.5 Å². The van der Waals surface area contributed by atoms with Gasteiger partial charge in [-0.05, 0) is 24.3 Å². The van der Waals surface area contributed by atoms with E-state index in [1.807, 2.05) is 0 Å². The Labute approximate surface area is 154 Å². The normalized spacial score (nSPS) is 10.3. The molecule has 0 aliphatic rings. The molecule has 2 N–H and O–H groups in total. The van der Waals surface area contributed by atoms with Crippen LogP contribution >= 0.6 is 0 Å². The van der Waals surface area contributed by atoms with E-state index in [0.717, 1.165) is 0 Å². The smallest absolute Gasteiger partial charge is 0.276 e. The number of hydrogen-bond acceptors (Lipinski definition) is 6. The Morgan fingerprint density at radius 3 is 2.48 bits per heavy atom. The highest BCUT2D eigenvalue weighted by atomic mass is 16.6.